The second kappa shape index (κ2) is 8.32. The van der Waals surface area contributed by atoms with E-state index in [4.69, 9.17) is 9.88 Å². The molecule has 3 aromatic heterocycles. The van der Waals surface area contributed by atoms with Gasteiger partial charge in [0, 0.05) is 50.8 Å². The summed E-state index contributed by atoms with van der Waals surface area (Å²) < 4.78 is 31.4. The zero-order valence-electron chi connectivity index (χ0n) is 18.2. The van der Waals surface area contributed by atoms with Crippen LogP contribution in [0, 0.1) is 0 Å². The van der Waals surface area contributed by atoms with Crippen LogP contribution in [0.25, 0.3) is 21.3 Å². The summed E-state index contributed by atoms with van der Waals surface area (Å²) in [5, 5.41) is 8.31. The number of amides is 2. The number of nitrogens with one attached hydrogen (secondary N) is 2. The fraction of sp³-hybridized carbons (Fsp3) is 0.350. The second-order valence-corrected chi connectivity index (χ2v) is 10.7. The van der Waals surface area contributed by atoms with Gasteiger partial charge in [0.05, 0.1) is 10.9 Å². The number of rotatable bonds is 6. The number of aromatic amines is 1. The Morgan fingerprint density at radius 2 is 2.06 bits per heavy atom. The summed E-state index contributed by atoms with van der Waals surface area (Å²) in [5.74, 6) is -0.117. The van der Waals surface area contributed by atoms with Crippen molar-refractivity contribution in [2.75, 3.05) is 20.7 Å². The number of thiophene rings is 1. The Balaban J connectivity index is 1.85. The van der Waals surface area contributed by atoms with Crippen LogP contribution in [-0.2, 0) is 21.9 Å². The van der Waals surface area contributed by atoms with Gasteiger partial charge in [-0.2, -0.15) is 0 Å². The molecule has 1 aliphatic rings. The summed E-state index contributed by atoms with van der Waals surface area (Å²) >= 11 is 0.908. The van der Waals surface area contributed by atoms with Crippen molar-refractivity contribution in [3.05, 3.63) is 34.4 Å². The number of sulfonamides is 1. The van der Waals surface area contributed by atoms with Crippen LogP contribution in [0.1, 0.15) is 23.3 Å². The molecule has 11 nitrogen and oxygen atoms in total. The van der Waals surface area contributed by atoms with E-state index < -0.39 is 15.9 Å². The number of ether oxygens (including phenoxy) is 1. The fourth-order valence-electron chi connectivity index (χ4n) is 3.80. The monoisotopic (exact) mass is 493 g/mol. The van der Waals surface area contributed by atoms with Gasteiger partial charge in [0.25, 0.3) is 11.5 Å². The smallest absolute Gasteiger partial charge is 0.274 e. The predicted molar refractivity (Wildman–Crippen MR) is 123 cm³/mol. The molecule has 1 unspecified atom stereocenters. The van der Waals surface area contributed by atoms with Crippen LogP contribution in [0.2, 0.25) is 0 Å². The van der Waals surface area contributed by atoms with Crippen molar-refractivity contribution in [3.63, 3.8) is 0 Å². The number of aromatic nitrogens is 2. The molecule has 3 aromatic rings. The van der Waals surface area contributed by atoms with Crippen LogP contribution in [0.15, 0.2) is 27.3 Å². The van der Waals surface area contributed by atoms with Gasteiger partial charge in [0.2, 0.25) is 15.9 Å². The molecule has 1 fully saturated rings. The normalized spacial score (nSPS) is 16.5. The van der Waals surface area contributed by atoms with Crippen molar-refractivity contribution >= 4 is 44.1 Å². The quantitative estimate of drug-likeness (QED) is 0.456. The number of carbonyl (C=O) groups is 2. The Morgan fingerprint density at radius 3 is 2.67 bits per heavy atom. The largest absolute Gasteiger partial charge is 0.490 e. The molecular weight excluding hydrogens is 470 g/mol. The lowest BCUT2D eigenvalue weighted by atomic mass is 10.1. The maximum absolute atomic E-state index is 12.7. The molecular formula is C20H23N5O6S2. The lowest BCUT2D eigenvalue weighted by Gasteiger charge is -2.20. The van der Waals surface area contributed by atoms with Crippen LogP contribution in [0.4, 0.5) is 0 Å². The lowest BCUT2D eigenvalue weighted by molar-refractivity contribution is -0.127. The molecule has 0 radical (unpaired) electrons. The van der Waals surface area contributed by atoms with Crippen LogP contribution >= 0.6 is 11.3 Å². The fourth-order valence-corrected chi connectivity index (χ4v) is 5.65. The summed E-state index contributed by atoms with van der Waals surface area (Å²) in [6, 6.07) is 2.74. The molecule has 4 rings (SSSR count). The number of nitrogens with zero attached hydrogens (tertiary/aromatic N) is 2. The first kappa shape index (κ1) is 23.0. The minimum Gasteiger partial charge on any atom is -0.490 e. The number of likely N-dealkylation sites (tertiary alicyclic amines) is 1. The molecule has 0 aromatic carbocycles. The SMILES string of the molecule is CNC(=O)c1cc2c(-c3sc(S(N)(=O)=O)cc3OCC3CCC(=O)N3C)cn(C)c(=O)c2[nH]1. The number of primary sulfonamides is 1. The Hall–Kier alpha value is -3.16. The molecule has 0 bridgehead atoms. The van der Waals surface area contributed by atoms with Gasteiger partial charge in [0.15, 0.2) is 0 Å². The molecule has 1 saturated heterocycles. The van der Waals surface area contributed by atoms with Gasteiger partial charge >= 0.3 is 0 Å². The van der Waals surface area contributed by atoms with E-state index in [2.05, 4.69) is 10.3 Å². The molecule has 4 N–H and O–H groups in total. The minimum absolute atomic E-state index is 0.0215. The number of carbonyl (C=O) groups excluding carboxylic acids is 2. The third-order valence-corrected chi connectivity index (χ3v) is 8.27. The molecule has 1 aliphatic heterocycles. The molecule has 4 heterocycles. The van der Waals surface area contributed by atoms with Gasteiger partial charge in [-0.15, -0.1) is 11.3 Å². The number of nitrogens with two attached hydrogens (primary N) is 1. The first-order valence-corrected chi connectivity index (χ1v) is 12.4. The number of hydrogen-bond acceptors (Lipinski definition) is 7. The van der Waals surface area contributed by atoms with Gasteiger partial charge in [-0.25, -0.2) is 13.6 Å². The summed E-state index contributed by atoms with van der Waals surface area (Å²) in [6.45, 7) is 0.168. The first-order chi connectivity index (χ1) is 15.5. The van der Waals surface area contributed by atoms with Crippen LogP contribution in [0.5, 0.6) is 5.75 Å². The second-order valence-electron chi connectivity index (χ2n) is 7.82. The standard InChI is InChI=1S/C20H23N5O6S2/c1-22-19(27)13-6-11-12(8-24(2)20(28)17(11)23-13)18-14(7-16(32-18)33(21,29)30)31-9-10-4-5-15(26)25(10)3/h6-8,10,23H,4-5,9H2,1-3H3,(H,22,27)(H2,21,29,30). The average molecular weight is 494 g/mol. The Morgan fingerprint density at radius 1 is 1.33 bits per heavy atom. The lowest BCUT2D eigenvalue weighted by Crippen LogP contribution is -2.33. The van der Waals surface area contributed by atoms with Crippen LogP contribution in [-0.4, -0.2) is 61.4 Å². The van der Waals surface area contributed by atoms with E-state index in [1.54, 1.807) is 25.2 Å². The first-order valence-electron chi connectivity index (χ1n) is 10.0. The maximum atomic E-state index is 12.7. The number of likely N-dealkylation sites (N-methyl/N-ethyl adjacent to an activating group) is 1. The highest BCUT2D eigenvalue weighted by molar-refractivity contribution is 7.91. The predicted octanol–water partition coefficient (Wildman–Crippen LogP) is 0.602. The molecule has 176 valence electrons. The highest BCUT2D eigenvalue weighted by Gasteiger charge is 2.29. The van der Waals surface area contributed by atoms with E-state index >= 15 is 0 Å². The van der Waals surface area contributed by atoms with Gasteiger partial charge in [-0.1, -0.05) is 0 Å². The van der Waals surface area contributed by atoms with Crippen molar-refractivity contribution in [3.8, 4) is 16.2 Å². The Labute approximate surface area is 193 Å². The van der Waals surface area contributed by atoms with Crippen molar-refractivity contribution in [1.82, 2.24) is 19.8 Å². The van der Waals surface area contributed by atoms with E-state index in [-0.39, 0.29) is 45.3 Å². The molecule has 13 heteroatoms. The molecule has 0 aliphatic carbocycles. The van der Waals surface area contributed by atoms with E-state index in [1.165, 1.54) is 23.7 Å². The van der Waals surface area contributed by atoms with Crippen molar-refractivity contribution < 1.29 is 22.7 Å². The van der Waals surface area contributed by atoms with Gasteiger partial charge in [-0.3, -0.25) is 14.4 Å². The van der Waals surface area contributed by atoms with Crippen molar-refractivity contribution in [2.24, 2.45) is 12.2 Å². The summed E-state index contributed by atoms with van der Waals surface area (Å²) in [7, 11) is 0.708. The summed E-state index contributed by atoms with van der Waals surface area (Å²) in [4.78, 5) is 41.5. The zero-order chi connectivity index (χ0) is 24.1. The molecule has 0 spiro atoms. The van der Waals surface area contributed by atoms with E-state index in [9.17, 15) is 22.8 Å². The molecule has 0 saturated carbocycles. The minimum atomic E-state index is -4.02. The zero-order valence-corrected chi connectivity index (χ0v) is 19.8. The van der Waals surface area contributed by atoms with Gasteiger partial charge < -0.3 is 24.5 Å². The third-order valence-electron chi connectivity index (χ3n) is 5.70. The van der Waals surface area contributed by atoms with E-state index in [1.807, 2.05) is 0 Å². The molecule has 1 atom stereocenters. The summed E-state index contributed by atoms with van der Waals surface area (Å²) in [5.41, 5.74) is 0.546. The van der Waals surface area contributed by atoms with Gasteiger partial charge in [-0.05, 0) is 12.5 Å². The number of aryl methyl sites for hydroxylation is 1. The highest BCUT2D eigenvalue weighted by atomic mass is 32.2. The number of H-pyrrole nitrogens is 1. The summed E-state index contributed by atoms with van der Waals surface area (Å²) in [6.07, 6.45) is 2.62. The number of pyridine rings is 1. The molecule has 2 amide bonds. The molecule has 33 heavy (non-hydrogen) atoms. The Bertz CT molecular complexity index is 1430. The van der Waals surface area contributed by atoms with E-state index in [0.29, 0.717) is 28.7 Å². The Kier molecular flexibility index (Phi) is 5.80. The number of fused-ring (bicyclic) bond motifs is 1. The highest BCUT2D eigenvalue weighted by Crippen LogP contribution is 2.42. The van der Waals surface area contributed by atoms with Crippen LogP contribution in [0.3, 0.4) is 0 Å². The van der Waals surface area contributed by atoms with Crippen molar-refractivity contribution in [1.29, 1.82) is 0 Å². The third kappa shape index (κ3) is 4.14. The average Bonchev–Trinajstić information content (AvgIpc) is 3.47. The van der Waals surface area contributed by atoms with Crippen molar-refractivity contribution in [2.45, 2.75) is 23.1 Å². The topological polar surface area (TPSA) is 157 Å². The van der Waals surface area contributed by atoms with E-state index in [0.717, 1.165) is 11.3 Å². The maximum Gasteiger partial charge on any atom is 0.274 e. The van der Waals surface area contributed by atoms with Crippen LogP contribution < -0.4 is 20.8 Å². The van der Waals surface area contributed by atoms with Gasteiger partial charge in [0.1, 0.15) is 27.8 Å². The number of hydrogen-bond donors (Lipinski definition) is 3.